The second-order valence-corrected chi connectivity index (χ2v) is 4.13. The molecule has 0 saturated heterocycles. The minimum Gasteiger partial charge on any atom is -0.322 e. The zero-order valence-corrected chi connectivity index (χ0v) is 10.6. The maximum absolute atomic E-state index is 13.0. The Labute approximate surface area is 118 Å². The number of amides is 1. The molecule has 2 aromatic heterocycles. The third-order valence-corrected chi connectivity index (χ3v) is 2.71. The molecule has 1 aromatic carbocycles. The van der Waals surface area contributed by atoms with Crippen molar-refractivity contribution in [1.82, 2.24) is 25.2 Å². The van der Waals surface area contributed by atoms with E-state index in [1.165, 1.54) is 23.3 Å². The molecule has 1 N–H and O–H groups in total. The van der Waals surface area contributed by atoms with Crippen LogP contribution in [0.3, 0.4) is 0 Å². The van der Waals surface area contributed by atoms with Crippen LogP contribution in [0, 0.1) is 5.95 Å². The minimum absolute atomic E-state index is 0.190. The van der Waals surface area contributed by atoms with E-state index in [0.29, 0.717) is 11.4 Å². The number of rotatable bonds is 3. The van der Waals surface area contributed by atoms with Gasteiger partial charge in [0.15, 0.2) is 0 Å². The highest BCUT2D eigenvalue weighted by Crippen LogP contribution is 2.14. The molecule has 0 saturated carbocycles. The van der Waals surface area contributed by atoms with Crippen molar-refractivity contribution < 1.29 is 9.18 Å². The average molecular weight is 284 g/mol. The SMILES string of the molecule is O=C(Nc1cccc(-n2cnnn2)c1)c1ccnc(F)c1. The smallest absolute Gasteiger partial charge is 0.255 e. The Bertz CT molecular complexity index is 774. The van der Waals surface area contributed by atoms with Crippen molar-refractivity contribution in [3.8, 4) is 5.69 Å². The third kappa shape index (κ3) is 2.89. The van der Waals surface area contributed by atoms with Gasteiger partial charge in [-0.05, 0) is 34.7 Å². The lowest BCUT2D eigenvalue weighted by Crippen LogP contribution is -2.12. The zero-order chi connectivity index (χ0) is 14.7. The van der Waals surface area contributed by atoms with E-state index in [1.54, 1.807) is 24.3 Å². The summed E-state index contributed by atoms with van der Waals surface area (Å²) in [6, 6.07) is 9.46. The molecule has 0 bridgehead atoms. The number of nitrogens with zero attached hydrogens (tertiary/aromatic N) is 5. The molecule has 3 aromatic rings. The number of benzene rings is 1. The Morgan fingerprint density at radius 1 is 1.24 bits per heavy atom. The van der Waals surface area contributed by atoms with E-state index in [0.717, 1.165) is 6.07 Å². The van der Waals surface area contributed by atoms with Gasteiger partial charge in [-0.25, -0.2) is 9.67 Å². The summed E-state index contributed by atoms with van der Waals surface area (Å²) in [6.07, 6.45) is 2.68. The Morgan fingerprint density at radius 2 is 2.14 bits per heavy atom. The van der Waals surface area contributed by atoms with E-state index >= 15 is 0 Å². The summed E-state index contributed by atoms with van der Waals surface area (Å²) < 4.78 is 14.5. The van der Waals surface area contributed by atoms with E-state index in [4.69, 9.17) is 0 Å². The number of halogens is 1. The van der Waals surface area contributed by atoms with Gasteiger partial charge in [-0.2, -0.15) is 4.39 Å². The number of carbonyl (C=O) groups is 1. The van der Waals surface area contributed by atoms with Crippen LogP contribution < -0.4 is 5.32 Å². The summed E-state index contributed by atoms with van der Waals surface area (Å²) in [5.41, 5.74) is 1.43. The molecule has 0 aliphatic rings. The second-order valence-electron chi connectivity index (χ2n) is 4.13. The number of carbonyl (C=O) groups excluding carboxylic acids is 1. The van der Waals surface area contributed by atoms with Crippen LogP contribution in [0.4, 0.5) is 10.1 Å². The van der Waals surface area contributed by atoms with Crippen molar-refractivity contribution in [2.75, 3.05) is 5.32 Å². The fourth-order valence-electron chi connectivity index (χ4n) is 1.75. The van der Waals surface area contributed by atoms with Crippen molar-refractivity contribution >= 4 is 11.6 Å². The number of hydrogen-bond acceptors (Lipinski definition) is 5. The minimum atomic E-state index is -0.704. The molecule has 0 aliphatic heterocycles. The van der Waals surface area contributed by atoms with Gasteiger partial charge in [0.25, 0.3) is 5.91 Å². The molecular weight excluding hydrogens is 275 g/mol. The van der Waals surface area contributed by atoms with Crippen molar-refractivity contribution in [1.29, 1.82) is 0 Å². The van der Waals surface area contributed by atoms with Crippen LogP contribution in [0.15, 0.2) is 48.9 Å². The van der Waals surface area contributed by atoms with E-state index in [1.807, 2.05) is 0 Å². The van der Waals surface area contributed by atoms with E-state index in [-0.39, 0.29) is 5.56 Å². The number of pyridine rings is 1. The summed E-state index contributed by atoms with van der Waals surface area (Å²) in [6.45, 7) is 0. The van der Waals surface area contributed by atoms with Crippen molar-refractivity contribution in [3.05, 3.63) is 60.4 Å². The molecule has 104 valence electrons. The summed E-state index contributed by atoms with van der Waals surface area (Å²) in [5.74, 6) is -1.13. The Balaban J connectivity index is 1.82. The molecule has 0 atom stereocenters. The second kappa shape index (κ2) is 5.45. The van der Waals surface area contributed by atoms with E-state index in [2.05, 4.69) is 25.8 Å². The highest BCUT2D eigenvalue weighted by atomic mass is 19.1. The molecule has 0 fully saturated rings. The standard InChI is InChI=1S/C13H9FN6O/c14-12-6-9(4-5-15-12)13(21)17-10-2-1-3-11(7-10)20-8-16-18-19-20/h1-8H,(H,17,21). The fraction of sp³-hybridized carbons (Fsp3) is 0. The first-order valence-electron chi connectivity index (χ1n) is 5.99. The third-order valence-electron chi connectivity index (χ3n) is 2.71. The fourth-order valence-corrected chi connectivity index (χ4v) is 1.75. The van der Waals surface area contributed by atoms with Gasteiger partial charge in [-0.1, -0.05) is 6.07 Å². The lowest BCUT2D eigenvalue weighted by Gasteiger charge is -2.07. The van der Waals surface area contributed by atoms with Gasteiger partial charge in [-0.3, -0.25) is 4.79 Å². The van der Waals surface area contributed by atoms with E-state index < -0.39 is 11.9 Å². The maximum atomic E-state index is 13.0. The normalized spacial score (nSPS) is 10.3. The summed E-state index contributed by atoms with van der Waals surface area (Å²) in [7, 11) is 0. The number of nitrogens with one attached hydrogen (secondary N) is 1. The Hall–Kier alpha value is -3.16. The number of aromatic nitrogens is 5. The summed E-state index contributed by atoms with van der Waals surface area (Å²) in [4.78, 5) is 15.4. The quantitative estimate of drug-likeness (QED) is 0.736. The topological polar surface area (TPSA) is 85.6 Å². The molecule has 3 rings (SSSR count). The molecule has 0 radical (unpaired) electrons. The van der Waals surface area contributed by atoms with Crippen molar-refractivity contribution in [2.45, 2.75) is 0 Å². The summed E-state index contributed by atoms with van der Waals surface area (Å²) >= 11 is 0. The van der Waals surface area contributed by atoms with Gasteiger partial charge in [0.05, 0.1) is 5.69 Å². The molecule has 7 nitrogen and oxygen atoms in total. The van der Waals surface area contributed by atoms with Crippen molar-refractivity contribution in [2.24, 2.45) is 0 Å². The molecule has 0 spiro atoms. The number of hydrogen-bond donors (Lipinski definition) is 1. The van der Waals surface area contributed by atoms with Crippen LogP contribution in [0.2, 0.25) is 0 Å². The predicted octanol–water partition coefficient (Wildman–Crippen LogP) is 1.45. The molecule has 1 amide bonds. The van der Waals surface area contributed by atoms with Crippen LogP contribution in [-0.2, 0) is 0 Å². The van der Waals surface area contributed by atoms with Gasteiger partial charge in [-0.15, -0.1) is 5.10 Å². The largest absolute Gasteiger partial charge is 0.322 e. The van der Waals surface area contributed by atoms with Gasteiger partial charge >= 0.3 is 0 Å². The van der Waals surface area contributed by atoms with Crippen LogP contribution in [0.25, 0.3) is 5.69 Å². The van der Waals surface area contributed by atoms with Crippen molar-refractivity contribution in [3.63, 3.8) is 0 Å². The molecule has 0 aliphatic carbocycles. The Kier molecular flexibility index (Phi) is 3.34. The highest BCUT2D eigenvalue weighted by molar-refractivity contribution is 6.04. The molecule has 2 heterocycles. The first-order chi connectivity index (χ1) is 10.2. The first-order valence-corrected chi connectivity index (χ1v) is 5.99. The lowest BCUT2D eigenvalue weighted by atomic mass is 10.2. The molecule has 8 heteroatoms. The molecule has 0 unspecified atom stereocenters. The van der Waals surface area contributed by atoms with Gasteiger partial charge in [0.2, 0.25) is 5.95 Å². The van der Waals surface area contributed by atoms with E-state index in [9.17, 15) is 9.18 Å². The monoisotopic (exact) mass is 284 g/mol. The average Bonchev–Trinajstić information content (AvgIpc) is 3.02. The Morgan fingerprint density at radius 3 is 2.90 bits per heavy atom. The van der Waals surface area contributed by atoms with Crippen LogP contribution >= 0.6 is 0 Å². The van der Waals surface area contributed by atoms with Gasteiger partial charge < -0.3 is 5.32 Å². The highest BCUT2D eigenvalue weighted by Gasteiger charge is 2.08. The number of anilines is 1. The lowest BCUT2D eigenvalue weighted by molar-refractivity contribution is 0.102. The number of tetrazole rings is 1. The van der Waals surface area contributed by atoms with Crippen LogP contribution in [-0.4, -0.2) is 31.1 Å². The predicted molar refractivity (Wildman–Crippen MR) is 71.3 cm³/mol. The first kappa shape index (κ1) is 12.9. The van der Waals surface area contributed by atoms with Gasteiger partial charge in [0.1, 0.15) is 6.33 Å². The maximum Gasteiger partial charge on any atom is 0.255 e. The van der Waals surface area contributed by atoms with Crippen LogP contribution in [0.5, 0.6) is 0 Å². The molecular formula is C13H9FN6O. The zero-order valence-electron chi connectivity index (χ0n) is 10.6. The van der Waals surface area contributed by atoms with Crippen LogP contribution in [0.1, 0.15) is 10.4 Å². The molecule has 21 heavy (non-hydrogen) atoms. The summed E-state index contributed by atoms with van der Waals surface area (Å²) in [5, 5.41) is 13.5. The van der Waals surface area contributed by atoms with Gasteiger partial charge in [0, 0.05) is 23.5 Å².